The standard InChI is InChI=1S/C24H32N6O2S/c31-21-9-4-14-30(21)24-27-26-23(33-24)29-13-3-8-20(17-29)22(32)25-11-5-12-28-15-10-18-6-1-2-7-19(18)16-28/h1-2,6-7,20H,3-5,8-17H2,(H,25,32). The molecule has 0 aliphatic carbocycles. The minimum atomic E-state index is -0.0265. The van der Waals surface area contributed by atoms with Gasteiger partial charge in [-0.25, -0.2) is 0 Å². The Bertz CT molecular complexity index is 995. The summed E-state index contributed by atoms with van der Waals surface area (Å²) in [6.45, 7) is 6.09. The molecule has 2 fully saturated rings. The average molecular weight is 469 g/mol. The van der Waals surface area contributed by atoms with Gasteiger partial charge in [0.15, 0.2) is 0 Å². The van der Waals surface area contributed by atoms with Crippen LogP contribution in [0.25, 0.3) is 0 Å². The SMILES string of the molecule is O=C(NCCCN1CCc2ccccc2C1)C1CCCN(c2nnc(N3CCCC3=O)s2)C1. The number of nitrogens with one attached hydrogen (secondary N) is 1. The molecule has 5 rings (SSSR count). The number of anilines is 2. The molecule has 3 aliphatic rings. The van der Waals surface area contributed by atoms with Gasteiger partial charge < -0.3 is 10.2 Å². The molecule has 33 heavy (non-hydrogen) atoms. The van der Waals surface area contributed by atoms with Gasteiger partial charge in [0, 0.05) is 52.2 Å². The smallest absolute Gasteiger partial charge is 0.228 e. The van der Waals surface area contributed by atoms with Gasteiger partial charge >= 0.3 is 0 Å². The lowest BCUT2D eigenvalue weighted by atomic mass is 9.97. The Morgan fingerprint density at radius 2 is 1.91 bits per heavy atom. The van der Waals surface area contributed by atoms with Crippen LogP contribution in [0.2, 0.25) is 0 Å². The number of carbonyl (C=O) groups excluding carboxylic acids is 2. The first-order chi connectivity index (χ1) is 16.2. The van der Waals surface area contributed by atoms with Crippen LogP contribution < -0.4 is 15.1 Å². The van der Waals surface area contributed by atoms with E-state index in [2.05, 4.69) is 49.6 Å². The number of fused-ring (bicyclic) bond motifs is 1. The van der Waals surface area contributed by atoms with E-state index in [9.17, 15) is 9.59 Å². The molecular weight excluding hydrogens is 436 g/mol. The summed E-state index contributed by atoms with van der Waals surface area (Å²) in [4.78, 5) is 31.2. The van der Waals surface area contributed by atoms with Crippen molar-refractivity contribution in [1.82, 2.24) is 20.4 Å². The molecule has 3 aliphatic heterocycles. The molecule has 0 saturated carbocycles. The summed E-state index contributed by atoms with van der Waals surface area (Å²) in [6.07, 6.45) is 5.41. The number of hydrogen-bond acceptors (Lipinski definition) is 7. The van der Waals surface area contributed by atoms with Crippen molar-refractivity contribution in [3.63, 3.8) is 0 Å². The van der Waals surface area contributed by atoms with E-state index in [1.807, 2.05) is 0 Å². The number of carbonyl (C=O) groups is 2. The summed E-state index contributed by atoms with van der Waals surface area (Å²) in [5.41, 5.74) is 2.91. The molecule has 1 aromatic heterocycles. The maximum absolute atomic E-state index is 12.8. The molecule has 0 spiro atoms. The third-order valence-electron chi connectivity index (χ3n) is 6.93. The summed E-state index contributed by atoms with van der Waals surface area (Å²) in [6, 6.07) is 8.69. The largest absolute Gasteiger partial charge is 0.356 e. The minimum Gasteiger partial charge on any atom is -0.356 e. The number of hydrogen-bond donors (Lipinski definition) is 1. The van der Waals surface area contributed by atoms with Crippen LogP contribution in [0, 0.1) is 5.92 Å². The summed E-state index contributed by atoms with van der Waals surface area (Å²) in [5, 5.41) is 13.2. The number of nitrogens with zero attached hydrogens (tertiary/aromatic N) is 5. The van der Waals surface area contributed by atoms with E-state index in [0.717, 1.165) is 70.0 Å². The summed E-state index contributed by atoms with van der Waals surface area (Å²) in [5.74, 6) is 0.242. The van der Waals surface area contributed by atoms with Gasteiger partial charge in [-0.3, -0.25) is 19.4 Å². The highest BCUT2D eigenvalue weighted by atomic mass is 32.1. The van der Waals surface area contributed by atoms with Gasteiger partial charge in [-0.15, -0.1) is 10.2 Å². The van der Waals surface area contributed by atoms with Crippen molar-refractivity contribution in [3.8, 4) is 0 Å². The lowest BCUT2D eigenvalue weighted by Crippen LogP contribution is -2.43. The molecule has 1 atom stereocenters. The molecule has 1 aromatic carbocycles. The van der Waals surface area contributed by atoms with Gasteiger partial charge in [-0.05, 0) is 43.2 Å². The highest BCUT2D eigenvalue weighted by Crippen LogP contribution is 2.32. The first-order valence-corrected chi connectivity index (χ1v) is 12.9. The lowest BCUT2D eigenvalue weighted by molar-refractivity contribution is -0.125. The molecule has 1 unspecified atom stereocenters. The molecule has 4 heterocycles. The molecule has 2 saturated heterocycles. The first kappa shape index (κ1) is 22.3. The number of aromatic nitrogens is 2. The van der Waals surface area contributed by atoms with E-state index in [1.54, 1.807) is 4.90 Å². The van der Waals surface area contributed by atoms with Crippen molar-refractivity contribution in [2.24, 2.45) is 5.92 Å². The molecule has 1 N–H and O–H groups in total. The van der Waals surface area contributed by atoms with Crippen LogP contribution in [-0.4, -0.2) is 66.2 Å². The van der Waals surface area contributed by atoms with E-state index >= 15 is 0 Å². The van der Waals surface area contributed by atoms with E-state index in [0.29, 0.717) is 24.6 Å². The van der Waals surface area contributed by atoms with Crippen LogP contribution in [0.3, 0.4) is 0 Å². The Labute approximate surface area is 199 Å². The molecule has 9 heteroatoms. The van der Waals surface area contributed by atoms with Crippen LogP contribution in [-0.2, 0) is 22.6 Å². The van der Waals surface area contributed by atoms with Crippen molar-refractivity contribution >= 4 is 33.4 Å². The van der Waals surface area contributed by atoms with Crippen molar-refractivity contribution in [2.75, 3.05) is 49.1 Å². The zero-order chi connectivity index (χ0) is 22.6. The minimum absolute atomic E-state index is 0.0265. The van der Waals surface area contributed by atoms with E-state index in [4.69, 9.17) is 0 Å². The molecular formula is C24H32N6O2S. The predicted octanol–water partition coefficient (Wildman–Crippen LogP) is 2.45. The van der Waals surface area contributed by atoms with Gasteiger partial charge in [0.25, 0.3) is 0 Å². The third kappa shape index (κ3) is 5.19. The summed E-state index contributed by atoms with van der Waals surface area (Å²) >= 11 is 1.46. The van der Waals surface area contributed by atoms with Crippen LogP contribution in [0.15, 0.2) is 24.3 Å². The topological polar surface area (TPSA) is 81.7 Å². The molecule has 8 nitrogen and oxygen atoms in total. The fraction of sp³-hybridized carbons (Fsp3) is 0.583. The molecule has 0 bridgehead atoms. The molecule has 0 radical (unpaired) electrons. The third-order valence-corrected chi connectivity index (χ3v) is 7.94. The highest BCUT2D eigenvalue weighted by molar-refractivity contribution is 7.19. The Kier molecular flexibility index (Phi) is 6.87. The van der Waals surface area contributed by atoms with Crippen molar-refractivity contribution < 1.29 is 9.59 Å². The van der Waals surface area contributed by atoms with E-state index in [1.165, 1.54) is 22.5 Å². The van der Waals surface area contributed by atoms with Crippen LogP contribution in [0.4, 0.5) is 10.3 Å². The number of piperidine rings is 1. The molecule has 2 amide bonds. The van der Waals surface area contributed by atoms with Crippen LogP contribution in [0.5, 0.6) is 0 Å². The fourth-order valence-electron chi connectivity index (χ4n) is 5.06. The average Bonchev–Trinajstić information content (AvgIpc) is 3.50. The van der Waals surface area contributed by atoms with Gasteiger partial charge in [0.1, 0.15) is 0 Å². The Balaban J connectivity index is 1.06. The normalized spacial score (nSPS) is 21.3. The number of rotatable bonds is 7. The number of amides is 2. The monoisotopic (exact) mass is 468 g/mol. The van der Waals surface area contributed by atoms with Crippen molar-refractivity contribution in [3.05, 3.63) is 35.4 Å². The Hall–Kier alpha value is -2.52. The van der Waals surface area contributed by atoms with E-state index in [-0.39, 0.29) is 17.7 Å². The van der Waals surface area contributed by atoms with Gasteiger partial charge in [-0.1, -0.05) is 35.6 Å². The quantitative estimate of drug-likeness (QED) is 0.629. The fourth-order valence-corrected chi connectivity index (χ4v) is 5.99. The molecule has 2 aromatic rings. The second-order valence-electron chi connectivity index (χ2n) is 9.24. The molecule has 176 valence electrons. The Morgan fingerprint density at radius 3 is 2.76 bits per heavy atom. The maximum atomic E-state index is 12.8. The highest BCUT2D eigenvalue weighted by Gasteiger charge is 2.30. The van der Waals surface area contributed by atoms with Crippen LogP contribution >= 0.6 is 11.3 Å². The van der Waals surface area contributed by atoms with Gasteiger partial charge in [-0.2, -0.15) is 0 Å². The van der Waals surface area contributed by atoms with Crippen molar-refractivity contribution in [2.45, 2.75) is 45.1 Å². The lowest BCUT2D eigenvalue weighted by Gasteiger charge is -2.31. The van der Waals surface area contributed by atoms with Gasteiger partial charge in [0.2, 0.25) is 22.1 Å². The summed E-state index contributed by atoms with van der Waals surface area (Å²) < 4.78 is 0. The second kappa shape index (κ2) is 10.2. The van der Waals surface area contributed by atoms with E-state index < -0.39 is 0 Å². The first-order valence-electron chi connectivity index (χ1n) is 12.1. The second-order valence-corrected chi connectivity index (χ2v) is 10.2. The summed E-state index contributed by atoms with van der Waals surface area (Å²) in [7, 11) is 0. The van der Waals surface area contributed by atoms with Gasteiger partial charge in [0.05, 0.1) is 5.92 Å². The maximum Gasteiger partial charge on any atom is 0.228 e. The number of benzene rings is 1. The van der Waals surface area contributed by atoms with Crippen LogP contribution in [0.1, 0.15) is 43.2 Å². The zero-order valence-corrected chi connectivity index (χ0v) is 19.9. The zero-order valence-electron chi connectivity index (χ0n) is 19.0. The van der Waals surface area contributed by atoms with Crippen molar-refractivity contribution in [1.29, 1.82) is 0 Å². The Morgan fingerprint density at radius 1 is 1.06 bits per heavy atom. The predicted molar refractivity (Wildman–Crippen MR) is 129 cm³/mol.